The van der Waals surface area contributed by atoms with Crippen LogP contribution in [0.2, 0.25) is 0 Å². The Morgan fingerprint density at radius 2 is 2.04 bits per heavy atom. The van der Waals surface area contributed by atoms with Gasteiger partial charge in [0.1, 0.15) is 6.54 Å². The van der Waals surface area contributed by atoms with Gasteiger partial charge in [-0.25, -0.2) is 4.79 Å². The molecule has 2 heterocycles. The molecule has 0 aromatic carbocycles. The molecule has 0 saturated heterocycles. The molecule has 0 amide bonds. The van der Waals surface area contributed by atoms with Gasteiger partial charge < -0.3 is 19.5 Å². The van der Waals surface area contributed by atoms with Crippen molar-refractivity contribution in [3.63, 3.8) is 0 Å². The molecule has 0 aliphatic rings. The van der Waals surface area contributed by atoms with Crippen molar-refractivity contribution in [3.8, 4) is 0 Å². The Kier molecular flexibility index (Phi) is 5.07. The van der Waals surface area contributed by atoms with Gasteiger partial charge in [0, 0.05) is 13.1 Å². The molecule has 0 atom stereocenters. The quantitative estimate of drug-likeness (QED) is 0.523. The minimum Gasteiger partial charge on any atom is -0.468 e. The third kappa shape index (κ3) is 3.73. The summed E-state index contributed by atoms with van der Waals surface area (Å²) in [4.78, 5) is 36.4. The summed E-state index contributed by atoms with van der Waals surface area (Å²) < 4.78 is 10.4. The van der Waals surface area contributed by atoms with Crippen molar-refractivity contribution in [3.05, 3.63) is 35.9 Å². The third-order valence-corrected chi connectivity index (χ3v) is 2.74. The molecule has 0 aliphatic heterocycles. The Labute approximate surface area is 131 Å². The van der Waals surface area contributed by atoms with Crippen LogP contribution < -0.4 is 16.0 Å². The van der Waals surface area contributed by atoms with Crippen LogP contribution in [0.25, 0.3) is 5.78 Å². The van der Waals surface area contributed by atoms with Crippen LogP contribution in [0, 0.1) is 0 Å². The van der Waals surface area contributed by atoms with Crippen LogP contribution in [0.1, 0.15) is 0 Å². The second kappa shape index (κ2) is 7.20. The largest absolute Gasteiger partial charge is 0.468 e. The first kappa shape index (κ1) is 16.2. The summed E-state index contributed by atoms with van der Waals surface area (Å²) in [6.07, 6.45) is 3.35. The van der Waals surface area contributed by atoms with Crippen LogP contribution >= 0.6 is 0 Å². The summed E-state index contributed by atoms with van der Waals surface area (Å²) in [6, 6.07) is 0. The standard InChI is InChI=1S/C13H16N6O4/c1-4-6-18(7-5-2)11-15-10(14-8-9(20)22-3)19-12(16-11)17-13(21)23-19/h4-5H,1-2,6-8H2,3H3,(H,14,15,16,17,21). The van der Waals surface area contributed by atoms with Crippen LogP contribution in [0.4, 0.5) is 11.9 Å². The maximum absolute atomic E-state index is 11.3. The first-order valence-corrected chi connectivity index (χ1v) is 6.64. The lowest BCUT2D eigenvalue weighted by atomic mass is 10.4. The van der Waals surface area contributed by atoms with Crippen LogP contribution in [0.15, 0.2) is 34.6 Å². The molecular formula is C13H16N6O4. The van der Waals surface area contributed by atoms with E-state index in [4.69, 9.17) is 4.52 Å². The van der Waals surface area contributed by atoms with Gasteiger partial charge in [-0.15, -0.1) is 18.1 Å². The summed E-state index contributed by atoms with van der Waals surface area (Å²) in [5, 5.41) is 2.72. The van der Waals surface area contributed by atoms with Crippen LogP contribution in [0.3, 0.4) is 0 Å². The van der Waals surface area contributed by atoms with Crippen molar-refractivity contribution in [2.24, 2.45) is 0 Å². The minimum atomic E-state index is -0.823. The molecule has 0 bridgehead atoms. The van der Waals surface area contributed by atoms with E-state index in [1.165, 1.54) is 7.11 Å². The number of carbonyl (C=O) groups excluding carboxylic acids is 1. The number of nitrogens with zero attached hydrogens (tertiary/aromatic N) is 5. The maximum atomic E-state index is 11.3. The number of methoxy groups -OCH3 is 1. The number of carbonyl (C=O) groups is 1. The molecule has 2 aromatic heterocycles. The Hall–Kier alpha value is -3.17. The molecular weight excluding hydrogens is 304 g/mol. The van der Waals surface area contributed by atoms with Crippen LogP contribution in [0.5, 0.6) is 0 Å². The third-order valence-electron chi connectivity index (χ3n) is 2.74. The van der Waals surface area contributed by atoms with Gasteiger partial charge in [-0.3, -0.25) is 4.79 Å². The zero-order valence-corrected chi connectivity index (χ0v) is 12.6. The lowest BCUT2D eigenvalue weighted by Gasteiger charge is -2.19. The van der Waals surface area contributed by atoms with E-state index < -0.39 is 11.7 Å². The number of hydrogen-bond donors (Lipinski definition) is 1. The van der Waals surface area contributed by atoms with Gasteiger partial charge in [0.2, 0.25) is 11.9 Å². The number of rotatable bonds is 8. The summed E-state index contributed by atoms with van der Waals surface area (Å²) in [6.45, 7) is 8.10. The molecule has 0 unspecified atom stereocenters. The molecule has 2 rings (SSSR count). The average Bonchev–Trinajstić information content (AvgIpc) is 2.92. The van der Waals surface area contributed by atoms with E-state index in [1.54, 1.807) is 17.1 Å². The fourth-order valence-corrected chi connectivity index (χ4v) is 1.75. The van der Waals surface area contributed by atoms with Crippen molar-refractivity contribution in [2.45, 2.75) is 0 Å². The lowest BCUT2D eigenvalue weighted by molar-refractivity contribution is -0.138. The molecule has 10 nitrogen and oxygen atoms in total. The first-order chi connectivity index (χ1) is 11.1. The number of fused-ring (bicyclic) bond motifs is 1. The van der Waals surface area contributed by atoms with Crippen molar-refractivity contribution >= 4 is 23.6 Å². The highest BCUT2D eigenvalue weighted by Crippen LogP contribution is 2.13. The summed E-state index contributed by atoms with van der Waals surface area (Å²) in [7, 11) is 1.26. The SMILES string of the molecule is C=CCN(CC=C)c1nc(NCC(=O)OC)n2oc(=O)nc2n1. The highest BCUT2D eigenvalue weighted by atomic mass is 16.5. The smallest absolute Gasteiger partial charge is 0.462 e. The summed E-state index contributed by atoms with van der Waals surface area (Å²) in [5.41, 5.74) is 0. The summed E-state index contributed by atoms with van der Waals surface area (Å²) >= 11 is 0. The van der Waals surface area contributed by atoms with Crippen molar-refractivity contribution < 1.29 is 14.1 Å². The molecule has 23 heavy (non-hydrogen) atoms. The average molecular weight is 320 g/mol. The number of esters is 1. The zero-order chi connectivity index (χ0) is 16.8. The topological polar surface area (TPSA) is 115 Å². The zero-order valence-electron chi connectivity index (χ0n) is 12.6. The van der Waals surface area contributed by atoms with Crippen molar-refractivity contribution in [1.82, 2.24) is 19.5 Å². The van der Waals surface area contributed by atoms with Gasteiger partial charge in [-0.1, -0.05) is 16.7 Å². The predicted molar refractivity (Wildman–Crippen MR) is 82.4 cm³/mol. The van der Waals surface area contributed by atoms with Gasteiger partial charge >= 0.3 is 11.7 Å². The van der Waals surface area contributed by atoms with E-state index in [1.807, 2.05) is 0 Å². The second-order valence-electron chi connectivity index (χ2n) is 4.32. The Morgan fingerprint density at radius 3 is 2.65 bits per heavy atom. The minimum absolute atomic E-state index is 0.0190. The molecule has 0 spiro atoms. The van der Waals surface area contributed by atoms with Gasteiger partial charge in [-0.05, 0) is 0 Å². The maximum Gasteiger partial charge on any atom is 0.462 e. The van der Waals surface area contributed by atoms with E-state index in [0.717, 1.165) is 4.57 Å². The Bertz CT molecular complexity index is 770. The monoisotopic (exact) mass is 320 g/mol. The second-order valence-corrected chi connectivity index (χ2v) is 4.32. The van der Waals surface area contributed by atoms with E-state index >= 15 is 0 Å². The van der Waals surface area contributed by atoms with Crippen LogP contribution in [-0.2, 0) is 9.53 Å². The van der Waals surface area contributed by atoms with Crippen LogP contribution in [-0.4, -0.2) is 52.2 Å². The lowest BCUT2D eigenvalue weighted by Crippen LogP contribution is -2.27. The molecule has 1 N–H and O–H groups in total. The summed E-state index contributed by atoms with van der Waals surface area (Å²) in [5.74, 6) is -0.926. The highest BCUT2D eigenvalue weighted by Gasteiger charge is 2.16. The van der Waals surface area contributed by atoms with Gasteiger partial charge in [0.15, 0.2) is 0 Å². The Balaban J connectivity index is 2.45. The molecule has 0 aliphatic carbocycles. The number of ether oxygens (including phenoxy) is 1. The number of nitrogens with one attached hydrogen (secondary N) is 1. The van der Waals surface area contributed by atoms with E-state index in [0.29, 0.717) is 13.1 Å². The van der Waals surface area contributed by atoms with E-state index in [-0.39, 0.29) is 24.2 Å². The van der Waals surface area contributed by atoms with Crippen molar-refractivity contribution in [1.29, 1.82) is 0 Å². The molecule has 0 fully saturated rings. The van der Waals surface area contributed by atoms with Gasteiger partial charge in [0.05, 0.1) is 7.11 Å². The Morgan fingerprint density at radius 1 is 1.35 bits per heavy atom. The van der Waals surface area contributed by atoms with E-state index in [9.17, 15) is 9.59 Å². The number of aromatic nitrogens is 4. The van der Waals surface area contributed by atoms with Gasteiger partial charge in [-0.2, -0.15) is 9.97 Å². The molecule has 10 heteroatoms. The van der Waals surface area contributed by atoms with E-state index in [2.05, 4.69) is 38.2 Å². The van der Waals surface area contributed by atoms with Crippen molar-refractivity contribution in [2.75, 3.05) is 37.0 Å². The molecule has 122 valence electrons. The fraction of sp³-hybridized carbons (Fsp3) is 0.308. The normalized spacial score (nSPS) is 10.3. The first-order valence-electron chi connectivity index (χ1n) is 6.64. The molecule has 0 saturated carbocycles. The molecule has 0 radical (unpaired) electrons. The fourth-order valence-electron chi connectivity index (χ4n) is 1.75. The number of anilines is 2. The predicted octanol–water partition coefficient (Wildman–Crippen LogP) is -0.159. The molecule has 2 aromatic rings. The number of hydrogen-bond acceptors (Lipinski definition) is 9. The highest BCUT2D eigenvalue weighted by molar-refractivity contribution is 5.74. The van der Waals surface area contributed by atoms with Gasteiger partial charge in [0.25, 0.3) is 5.78 Å².